The number of nitrogens with one attached hydrogen (secondary N) is 1. The number of rotatable bonds is 6. The number of anilines is 3. The van der Waals surface area contributed by atoms with Crippen LogP contribution in [-0.4, -0.2) is 96.3 Å². The number of nitrogens with zero attached hydrogens (tertiary/aromatic N) is 7. The summed E-state index contributed by atoms with van der Waals surface area (Å²) in [5.74, 6) is 0.285. The molecule has 0 spiro atoms. The van der Waals surface area contributed by atoms with E-state index in [1.807, 2.05) is 20.8 Å². The van der Waals surface area contributed by atoms with Gasteiger partial charge in [0.25, 0.3) is 0 Å². The van der Waals surface area contributed by atoms with E-state index < -0.39 is 22.9 Å². The van der Waals surface area contributed by atoms with Crippen LogP contribution in [0.2, 0.25) is 0 Å². The number of hydrogen-bond acceptors (Lipinski definition) is 9. The van der Waals surface area contributed by atoms with Gasteiger partial charge in [0.1, 0.15) is 5.60 Å². The van der Waals surface area contributed by atoms with Crippen molar-refractivity contribution in [1.82, 2.24) is 19.8 Å². The summed E-state index contributed by atoms with van der Waals surface area (Å²) in [6.45, 7) is 12.3. The van der Waals surface area contributed by atoms with Gasteiger partial charge in [-0.25, -0.2) is 14.8 Å². The molecular weight excluding hydrogens is 613 g/mol. The SMILES string of the molecule is CC(C)(C)OC(=O)N1CCN(CC2CCN(c3cnc(NC(=O)C4CCN(c5ccc(C#N)c(C(F)(F)F)c5)CC4)nc3)CC2)CC1. The van der Waals surface area contributed by atoms with Crippen molar-refractivity contribution in [1.29, 1.82) is 5.26 Å². The Balaban J connectivity index is 1.03. The molecule has 3 fully saturated rings. The van der Waals surface area contributed by atoms with E-state index in [9.17, 15) is 22.8 Å². The molecule has 0 atom stereocenters. The van der Waals surface area contributed by atoms with Crippen molar-refractivity contribution in [2.75, 3.05) is 74.0 Å². The molecular formula is C33H43F3N8O3. The van der Waals surface area contributed by atoms with Gasteiger partial charge in [0.2, 0.25) is 11.9 Å². The first-order valence-electron chi connectivity index (χ1n) is 16.2. The normalized spacial score (nSPS) is 19.0. The van der Waals surface area contributed by atoms with E-state index in [1.54, 1.807) is 28.3 Å². The largest absolute Gasteiger partial charge is 0.444 e. The minimum absolute atomic E-state index is 0.207. The van der Waals surface area contributed by atoms with Crippen molar-refractivity contribution in [2.45, 2.75) is 58.2 Å². The molecule has 0 radical (unpaired) electrons. The number of nitriles is 1. The van der Waals surface area contributed by atoms with Crippen LogP contribution in [0.3, 0.4) is 0 Å². The minimum atomic E-state index is -4.62. The number of aromatic nitrogens is 2. The maximum atomic E-state index is 13.4. The zero-order valence-corrected chi connectivity index (χ0v) is 27.2. The summed E-state index contributed by atoms with van der Waals surface area (Å²) in [6, 6.07) is 5.32. The fourth-order valence-corrected chi connectivity index (χ4v) is 6.40. The average molecular weight is 657 g/mol. The van der Waals surface area contributed by atoms with Crippen LogP contribution in [0.5, 0.6) is 0 Å². The number of hydrogen-bond donors (Lipinski definition) is 1. The number of benzene rings is 1. The molecule has 14 heteroatoms. The minimum Gasteiger partial charge on any atom is -0.444 e. The number of amides is 2. The van der Waals surface area contributed by atoms with Crippen LogP contribution in [0.15, 0.2) is 30.6 Å². The second-order valence-corrected chi connectivity index (χ2v) is 13.6. The maximum Gasteiger partial charge on any atom is 0.417 e. The smallest absolute Gasteiger partial charge is 0.417 e. The van der Waals surface area contributed by atoms with Crippen molar-refractivity contribution in [2.24, 2.45) is 11.8 Å². The van der Waals surface area contributed by atoms with Gasteiger partial charge in [-0.2, -0.15) is 18.4 Å². The second-order valence-electron chi connectivity index (χ2n) is 13.6. The number of ether oxygens (including phenoxy) is 1. The third-order valence-corrected chi connectivity index (χ3v) is 9.05. The van der Waals surface area contributed by atoms with Gasteiger partial charge in [-0.05, 0) is 70.6 Å². The Bertz CT molecular complexity index is 1430. The van der Waals surface area contributed by atoms with Crippen molar-refractivity contribution in [3.05, 3.63) is 41.7 Å². The lowest BCUT2D eigenvalue weighted by Gasteiger charge is -2.39. The molecule has 3 aliphatic heterocycles. The summed E-state index contributed by atoms with van der Waals surface area (Å²) in [7, 11) is 0. The molecule has 47 heavy (non-hydrogen) atoms. The summed E-state index contributed by atoms with van der Waals surface area (Å²) < 4.78 is 45.7. The maximum absolute atomic E-state index is 13.4. The molecule has 2 aromatic rings. The molecule has 4 heterocycles. The molecule has 2 amide bonds. The van der Waals surface area contributed by atoms with Gasteiger partial charge in [-0.1, -0.05) is 0 Å². The van der Waals surface area contributed by atoms with Gasteiger partial charge in [0.15, 0.2) is 0 Å². The molecule has 3 saturated heterocycles. The highest BCUT2D eigenvalue weighted by Gasteiger charge is 2.35. The Morgan fingerprint density at radius 2 is 1.51 bits per heavy atom. The second kappa shape index (κ2) is 14.3. The van der Waals surface area contributed by atoms with Crippen LogP contribution in [-0.2, 0) is 15.7 Å². The molecule has 0 bridgehead atoms. The first-order valence-corrected chi connectivity index (χ1v) is 16.2. The number of carbonyl (C=O) groups is 2. The van der Waals surface area contributed by atoms with Crippen molar-refractivity contribution < 1.29 is 27.5 Å². The quantitative estimate of drug-likeness (QED) is 0.459. The summed E-state index contributed by atoms with van der Waals surface area (Å²) in [5, 5.41) is 11.8. The van der Waals surface area contributed by atoms with Crippen LogP contribution in [0.25, 0.3) is 0 Å². The lowest BCUT2D eigenvalue weighted by atomic mass is 9.95. The lowest BCUT2D eigenvalue weighted by molar-refractivity contribution is -0.137. The van der Waals surface area contributed by atoms with Gasteiger partial charge >= 0.3 is 12.3 Å². The van der Waals surface area contributed by atoms with Crippen LogP contribution in [0, 0.1) is 23.2 Å². The zero-order valence-electron chi connectivity index (χ0n) is 27.2. The standard InChI is InChI=1S/C33H43F3N8O3/c1-32(2,3)47-31(46)44-16-14-41(15-17-44)22-23-6-10-43(11-7-23)27-20-38-30(39-21-27)40-29(45)24-8-12-42(13-9-24)26-5-4-25(19-37)28(18-26)33(34,35)36/h4-5,18,20-21,23-24H,6-17,22H2,1-3H3,(H,38,39,40,45). The lowest BCUT2D eigenvalue weighted by Crippen LogP contribution is -2.51. The fourth-order valence-electron chi connectivity index (χ4n) is 6.40. The molecule has 11 nitrogen and oxygen atoms in total. The van der Waals surface area contributed by atoms with Gasteiger partial charge < -0.3 is 19.4 Å². The van der Waals surface area contributed by atoms with Crippen molar-refractivity contribution in [3.8, 4) is 6.07 Å². The number of piperazine rings is 1. The number of carbonyl (C=O) groups excluding carboxylic acids is 2. The molecule has 0 unspecified atom stereocenters. The topological polar surface area (TPSA) is 118 Å². The number of halogens is 3. The van der Waals surface area contributed by atoms with Crippen molar-refractivity contribution >= 4 is 29.3 Å². The molecule has 0 saturated carbocycles. The molecule has 3 aliphatic rings. The Kier molecular flexibility index (Phi) is 10.4. The summed E-state index contributed by atoms with van der Waals surface area (Å²) in [6.07, 6.45) is 1.63. The average Bonchev–Trinajstić information content (AvgIpc) is 3.04. The van der Waals surface area contributed by atoms with E-state index in [0.29, 0.717) is 50.6 Å². The monoisotopic (exact) mass is 656 g/mol. The van der Waals surface area contributed by atoms with E-state index in [4.69, 9.17) is 10.00 Å². The third-order valence-electron chi connectivity index (χ3n) is 9.05. The van der Waals surface area contributed by atoms with Gasteiger partial charge in [0, 0.05) is 70.5 Å². The van der Waals surface area contributed by atoms with Crippen LogP contribution < -0.4 is 15.1 Å². The van der Waals surface area contributed by atoms with Gasteiger partial charge in [-0.3, -0.25) is 15.0 Å². The zero-order chi connectivity index (χ0) is 33.8. The van der Waals surface area contributed by atoms with E-state index in [0.717, 1.165) is 57.3 Å². The van der Waals surface area contributed by atoms with Crippen LogP contribution in [0.4, 0.5) is 35.3 Å². The Labute approximate surface area is 273 Å². The summed E-state index contributed by atoms with van der Waals surface area (Å²) in [5.41, 5.74) is -0.558. The predicted octanol–water partition coefficient (Wildman–Crippen LogP) is 4.99. The van der Waals surface area contributed by atoms with Gasteiger partial charge in [-0.15, -0.1) is 0 Å². The molecule has 254 valence electrons. The molecule has 1 aromatic heterocycles. The highest BCUT2D eigenvalue weighted by atomic mass is 19.4. The van der Waals surface area contributed by atoms with E-state index in [2.05, 4.69) is 25.1 Å². The molecule has 5 rings (SSSR count). The Morgan fingerprint density at radius 1 is 0.915 bits per heavy atom. The van der Waals surface area contributed by atoms with E-state index in [1.165, 1.54) is 12.1 Å². The van der Waals surface area contributed by atoms with Crippen LogP contribution in [0.1, 0.15) is 57.6 Å². The molecule has 1 aromatic carbocycles. The van der Waals surface area contributed by atoms with E-state index in [-0.39, 0.29) is 23.9 Å². The van der Waals surface area contributed by atoms with Gasteiger partial charge in [0.05, 0.1) is 35.3 Å². The van der Waals surface area contributed by atoms with E-state index >= 15 is 0 Å². The molecule has 0 aliphatic carbocycles. The number of alkyl halides is 3. The first-order chi connectivity index (χ1) is 22.3. The fraction of sp³-hybridized carbons (Fsp3) is 0.606. The number of piperidine rings is 2. The summed E-state index contributed by atoms with van der Waals surface area (Å²) in [4.78, 5) is 42.3. The van der Waals surface area contributed by atoms with Crippen molar-refractivity contribution in [3.63, 3.8) is 0 Å². The highest BCUT2D eigenvalue weighted by molar-refractivity contribution is 5.91. The molecule has 1 N–H and O–H groups in total. The predicted molar refractivity (Wildman–Crippen MR) is 171 cm³/mol. The summed E-state index contributed by atoms with van der Waals surface area (Å²) >= 11 is 0. The first kappa shape index (κ1) is 34.2. The Morgan fingerprint density at radius 3 is 2.09 bits per heavy atom. The highest BCUT2D eigenvalue weighted by Crippen LogP contribution is 2.35. The Hall–Kier alpha value is -4.12. The third kappa shape index (κ3) is 9.03. The van der Waals surface area contributed by atoms with Crippen LogP contribution >= 0.6 is 0 Å².